The molecule has 0 spiro atoms. The second-order valence-electron chi connectivity index (χ2n) is 5.61. The summed E-state index contributed by atoms with van der Waals surface area (Å²) in [6, 6.07) is 4.32. The number of rotatable bonds is 6. The minimum atomic E-state index is -4.48. The minimum Gasteiger partial charge on any atom is -0.491 e. The van der Waals surface area contributed by atoms with Crippen LogP contribution >= 0.6 is 12.4 Å². The fourth-order valence-corrected chi connectivity index (χ4v) is 2.57. The Morgan fingerprint density at radius 2 is 1.96 bits per heavy atom. The van der Waals surface area contributed by atoms with Crippen molar-refractivity contribution in [1.29, 1.82) is 0 Å². The number of amides is 1. The van der Waals surface area contributed by atoms with E-state index in [9.17, 15) is 18.0 Å². The topological polar surface area (TPSA) is 73.6 Å². The van der Waals surface area contributed by atoms with Gasteiger partial charge in [0.1, 0.15) is 12.4 Å². The van der Waals surface area contributed by atoms with E-state index < -0.39 is 17.8 Å². The largest absolute Gasteiger partial charge is 0.491 e. The maximum atomic E-state index is 12.8. The molecule has 1 aromatic carbocycles. The molecule has 3 N–H and O–H groups in total. The molecule has 1 atom stereocenters. The highest BCUT2D eigenvalue weighted by atomic mass is 35.5. The zero-order valence-corrected chi connectivity index (χ0v) is 14.4. The first-order chi connectivity index (χ1) is 11.4. The molecule has 1 aromatic rings. The molecule has 1 saturated heterocycles. The second-order valence-corrected chi connectivity index (χ2v) is 5.61. The lowest BCUT2D eigenvalue weighted by atomic mass is 9.92. The van der Waals surface area contributed by atoms with E-state index in [1.54, 1.807) is 0 Å². The number of halogens is 4. The van der Waals surface area contributed by atoms with Crippen molar-refractivity contribution in [2.75, 3.05) is 26.4 Å². The van der Waals surface area contributed by atoms with Gasteiger partial charge < -0.3 is 20.5 Å². The summed E-state index contributed by atoms with van der Waals surface area (Å²) in [6.07, 6.45) is -3.03. The van der Waals surface area contributed by atoms with E-state index in [1.807, 2.05) is 0 Å². The van der Waals surface area contributed by atoms with Crippen LogP contribution in [0.2, 0.25) is 0 Å². The zero-order valence-electron chi connectivity index (χ0n) is 13.6. The first-order valence-corrected chi connectivity index (χ1v) is 7.79. The van der Waals surface area contributed by atoms with Gasteiger partial charge in [-0.15, -0.1) is 12.4 Å². The van der Waals surface area contributed by atoms with Gasteiger partial charge in [-0.2, -0.15) is 13.2 Å². The van der Waals surface area contributed by atoms with E-state index in [-0.39, 0.29) is 43.1 Å². The average Bonchev–Trinajstić information content (AvgIpc) is 2.58. The van der Waals surface area contributed by atoms with Gasteiger partial charge in [-0.1, -0.05) is 12.1 Å². The first kappa shape index (κ1) is 21.5. The zero-order chi connectivity index (χ0) is 17.6. The smallest absolute Gasteiger partial charge is 0.419 e. The summed E-state index contributed by atoms with van der Waals surface area (Å²) in [6.45, 7) is 1.19. The molecule has 0 saturated carbocycles. The van der Waals surface area contributed by atoms with Crippen molar-refractivity contribution in [3.8, 4) is 5.75 Å². The Kier molecular flexibility index (Phi) is 8.47. The predicted octanol–water partition coefficient (Wildman–Crippen LogP) is 2.38. The molecule has 0 radical (unpaired) electrons. The monoisotopic (exact) mass is 382 g/mol. The lowest BCUT2D eigenvalue weighted by Gasteiger charge is -2.26. The number of alkyl halides is 3. The van der Waals surface area contributed by atoms with Crippen LogP contribution in [0.4, 0.5) is 13.2 Å². The van der Waals surface area contributed by atoms with Gasteiger partial charge in [0, 0.05) is 13.2 Å². The standard InChI is InChI=1S/C16H21F3N2O3.ClH/c17-16(18,19)12-3-1-2-4-13(12)24-10-7-21-15(22)14(20)11-5-8-23-9-6-11;/h1-4,11,14H,5-10,20H2,(H,21,22);1H. The van der Waals surface area contributed by atoms with Gasteiger partial charge in [0.25, 0.3) is 0 Å². The second kappa shape index (κ2) is 9.84. The van der Waals surface area contributed by atoms with Crippen LogP contribution in [0, 0.1) is 5.92 Å². The first-order valence-electron chi connectivity index (χ1n) is 7.79. The van der Waals surface area contributed by atoms with Crippen molar-refractivity contribution in [2.24, 2.45) is 11.7 Å². The lowest BCUT2D eigenvalue weighted by molar-refractivity contribution is -0.139. The van der Waals surface area contributed by atoms with Crippen molar-refractivity contribution < 1.29 is 27.4 Å². The minimum absolute atomic E-state index is 0. The molecular weight excluding hydrogens is 361 g/mol. The quantitative estimate of drug-likeness (QED) is 0.741. The summed E-state index contributed by atoms with van der Waals surface area (Å²) in [5, 5.41) is 2.60. The molecule has 25 heavy (non-hydrogen) atoms. The van der Waals surface area contributed by atoms with Crippen molar-refractivity contribution in [3.05, 3.63) is 29.8 Å². The Balaban J connectivity index is 0.00000312. The van der Waals surface area contributed by atoms with Crippen molar-refractivity contribution in [1.82, 2.24) is 5.32 Å². The maximum absolute atomic E-state index is 12.8. The summed E-state index contributed by atoms with van der Waals surface area (Å²) >= 11 is 0. The van der Waals surface area contributed by atoms with Gasteiger partial charge in [0.15, 0.2) is 0 Å². The van der Waals surface area contributed by atoms with Crippen LogP contribution in [0.5, 0.6) is 5.75 Å². The summed E-state index contributed by atoms with van der Waals surface area (Å²) in [4.78, 5) is 12.0. The molecule has 1 aliphatic heterocycles. The number of benzene rings is 1. The molecule has 9 heteroatoms. The van der Waals surface area contributed by atoms with Crippen LogP contribution in [-0.4, -0.2) is 38.3 Å². The maximum Gasteiger partial charge on any atom is 0.419 e. The third-order valence-electron chi connectivity index (χ3n) is 3.93. The molecule has 1 fully saturated rings. The fraction of sp³-hybridized carbons (Fsp3) is 0.562. The fourth-order valence-electron chi connectivity index (χ4n) is 2.57. The molecule has 0 bridgehead atoms. The Morgan fingerprint density at radius 1 is 1.32 bits per heavy atom. The van der Waals surface area contributed by atoms with E-state index in [1.165, 1.54) is 18.2 Å². The highest BCUT2D eigenvalue weighted by Gasteiger charge is 2.34. The molecule has 0 aliphatic carbocycles. The highest BCUT2D eigenvalue weighted by Crippen LogP contribution is 2.35. The number of para-hydroxylation sites is 1. The van der Waals surface area contributed by atoms with Gasteiger partial charge in [-0.3, -0.25) is 4.79 Å². The number of nitrogens with two attached hydrogens (primary N) is 1. The molecule has 1 unspecified atom stereocenters. The predicted molar refractivity (Wildman–Crippen MR) is 88.7 cm³/mol. The highest BCUT2D eigenvalue weighted by molar-refractivity contribution is 5.85. The van der Waals surface area contributed by atoms with Crippen molar-refractivity contribution >= 4 is 18.3 Å². The Bertz CT molecular complexity index is 552. The SMILES string of the molecule is Cl.NC(C(=O)NCCOc1ccccc1C(F)(F)F)C1CCOCC1. The van der Waals surface area contributed by atoms with Gasteiger partial charge in [-0.05, 0) is 30.9 Å². The molecule has 1 amide bonds. The normalized spacial score (nSPS) is 16.6. The summed E-state index contributed by atoms with van der Waals surface area (Å²) in [5.41, 5.74) is 5.07. The van der Waals surface area contributed by atoms with Crippen LogP contribution in [-0.2, 0) is 15.7 Å². The van der Waals surface area contributed by atoms with Gasteiger partial charge in [0.2, 0.25) is 5.91 Å². The number of ether oxygens (including phenoxy) is 2. The molecule has 1 aliphatic rings. The van der Waals surface area contributed by atoms with Gasteiger partial charge in [0.05, 0.1) is 18.2 Å². The van der Waals surface area contributed by atoms with Crippen LogP contribution in [0.1, 0.15) is 18.4 Å². The number of carbonyl (C=O) groups is 1. The van der Waals surface area contributed by atoms with Gasteiger partial charge in [-0.25, -0.2) is 0 Å². The third-order valence-corrected chi connectivity index (χ3v) is 3.93. The molecular formula is C16H22ClF3N2O3. The van der Waals surface area contributed by atoms with E-state index in [0.717, 1.165) is 18.9 Å². The summed E-state index contributed by atoms with van der Waals surface area (Å²) < 4.78 is 48.8. The molecule has 5 nitrogen and oxygen atoms in total. The molecule has 0 aromatic heterocycles. The summed E-state index contributed by atoms with van der Waals surface area (Å²) in [5.74, 6) is -0.520. The number of nitrogens with one attached hydrogen (secondary N) is 1. The van der Waals surface area contributed by atoms with Crippen molar-refractivity contribution in [2.45, 2.75) is 25.1 Å². The van der Waals surface area contributed by atoms with Gasteiger partial charge >= 0.3 is 6.18 Å². The third kappa shape index (κ3) is 6.37. The van der Waals surface area contributed by atoms with E-state index in [2.05, 4.69) is 5.32 Å². The number of hydrogen-bond acceptors (Lipinski definition) is 4. The number of carbonyl (C=O) groups excluding carboxylic acids is 1. The summed E-state index contributed by atoms with van der Waals surface area (Å²) in [7, 11) is 0. The van der Waals surface area contributed by atoms with E-state index in [4.69, 9.17) is 15.2 Å². The van der Waals surface area contributed by atoms with E-state index >= 15 is 0 Å². The van der Waals surface area contributed by atoms with Crippen LogP contribution < -0.4 is 15.8 Å². The van der Waals surface area contributed by atoms with Crippen LogP contribution in [0.3, 0.4) is 0 Å². The average molecular weight is 383 g/mol. The Labute approximate surface area is 150 Å². The van der Waals surface area contributed by atoms with E-state index in [0.29, 0.717) is 13.2 Å². The lowest BCUT2D eigenvalue weighted by Crippen LogP contribution is -2.47. The molecule has 142 valence electrons. The molecule has 2 rings (SSSR count). The van der Waals surface area contributed by atoms with Crippen LogP contribution in [0.25, 0.3) is 0 Å². The Morgan fingerprint density at radius 3 is 2.60 bits per heavy atom. The van der Waals surface area contributed by atoms with Crippen molar-refractivity contribution in [3.63, 3.8) is 0 Å². The Hall–Kier alpha value is -1.51. The number of hydrogen-bond donors (Lipinski definition) is 2. The van der Waals surface area contributed by atoms with Crippen LogP contribution in [0.15, 0.2) is 24.3 Å². The molecule has 1 heterocycles.